The van der Waals surface area contributed by atoms with Gasteiger partial charge in [0, 0.05) is 6.42 Å². The molecule has 104 valence electrons. The van der Waals surface area contributed by atoms with E-state index in [0.29, 0.717) is 6.42 Å². The highest BCUT2D eigenvalue weighted by Crippen LogP contribution is 2.39. The molecular weight excluding hydrogens is 252 g/mol. The van der Waals surface area contributed by atoms with Gasteiger partial charge in [0.05, 0.1) is 5.56 Å². The fourth-order valence-electron chi connectivity index (χ4n) is 2.18. The first-order chi connectivity index (χ1) is 8.72. The van der Waals surface area contributed by atoms with E-state index in [4.69, 9.17) is 4.43 Å². The molecule has 0 aliphatic heterocycles. The quantitative estimate of drug-likeness (QED) is 0.738. The molecule has 0 saturated heterocycles. The molecule has 1 aliphatic rings. The molecule has 0 spiro atoms. The summed E-state index contributed by atoms with van der Waals surface area (Å²) in [6, 6.07) is 6.04. The van der Waals surface area contributed by atoms with Crippen molar-refractivity contribution in [1.29, 1.82) is 0 Å². The Morgan fingerprint density at radius 2 is 1.84 bits per heavy atom. The molecule has 2 rings (SSSR count). The lowest BCUT2D eigenvalue weighted by atomic mass is 9.90. The van der Waals surface area contributed by atoms with Crippen molar-refractivity contribution in [2.45, 2.75) is 58.2 Å². The van der Waals surface area contributed by atoms with Crippen LogP contribution < -0.4 is 4.43 Å². The van der Waals surface area contributed by atoms with Crippen LogP contribution in [0.1, 0.15) is 49.5 Å². The van der Waals surface area contributed by atoms with Gasteiger partial charge >= 0.3 is 0 Å². The van der Waals surface area contributed by atoms with Crippen molar-refractivity contribution in [1.82, 2.24) is 0 Å². The summed E-state index contributed by atoms with van der Waals surface area (Å²) in [7, 11) is -1.89. The lowest BCUT2D eigenvalue weighted by Crippen LogP contribution is -2.44. The van der Waals surface area contributed by atoms with E-state index < -0.39 is 8.32 Å². The number of ketones is 1. The molecule has 3 heteroatoms. The Bertz CT molecular complexity index is 498. The van der Waals surface area contributed by atoms with E-state index in [9.17, 15) is 4.79 Å². The minimum Gasteiger partial charge on any atom is -0.543 e. The molecule has 0 amide bonds. The van der Waals surface area contributed by atoms with Gasteiger partial charge in [0.2, 0.25) is 0 Å². The summed E-state index contributed by atoms with van der Waals surface area (Å²) < 4.78 is 6.35. The van der Waals surface area contributed by atoms with Crippen LogP contribution in [0.2, 0.25) is 18.1 Å². The summed E-state index contributed by atoms with van der Waals surface area (Å²) in [5, 5.41) is 0.146. The molecule has 0 unspecified atom stereocenters. The standard InChI is InChI=1S/C16H24O2Si/c1-16(2,3)19(4,5)18-14-11-7-9-12-8-6-10-13(17)15(12)14/h7,9,11H,6,8,10H2,1-5H3. The van der Waals surface area contributed by atoms with E-state index in [0.717, 1.165) is 29.7 Å². The van der Waals surface area contributed by atoms with Gasteiger partial charge in [0.1, 0.15) is 5.75 Å². The SMILES string of the molecule is CC(C)(C)[Si](C)(C)Oc1cccc2c1C(=O)CCC2. The molecule has 1 aromatic rings. The third-order valence-corrected chi connectivity index (χ3v) is 8.76. The lowest BCUT2D eigenvalue weighted by Gasteiger charge is -2.37. The number of rotatable bonds is 2. The van der Waals surface area contributed by atoms with Crippen LogP contribution in [0.3, 0.4) is 0 Å². The van der Waals surface area contributed by atoms with Crippen LogP contribution in [-0.2, 0) is 6.42 Å². The molecule has 19 heavy (non-hydrogen) atoms. The number of hydrogen-bond acceptors (Lipinski definition) is 2. The van der Waals surface area contributed by atoms with Gasteiger partial charge in [0.15, 0.2) is 5.78 Å². The summed E-state index contributed by atoms with van der Waals surface area (Å²) in [5.41, 5.74) is 2.01. The average Bonchev–Trinajstić information content (AvgIpc) is 2.27. The van der Waals surface area contributed by atoms with Gasteiger partial charge in [-0.1, -0.05) is 32.9 Å². The van der Waals surface area contributed by atoms with Crippen molar-refractivity contribution in [3.8, 4) is 5.75 Å². The Labute approximate surface area is 117 Å². The van der Waals surface area contributed by atoms with Crippen LogP contribution >= 0.6 is 0 Å². The van der Waals surface area contributed by atoms with Crippen molar-refractivity contribution in [2.75, 3.05) is 0 Å². The van der Waals surface area contributed by atoms with E-state index in [-0.39, 0.29) is 10.8 Å². The Balaban J connectivity index is 2.40. The molecule has 0 bridgehead atoms. The maximum atomic E-state index is 12.2. The molecule has 0 saturated carbocycles. The van der Waals surface area contributed by atoms with Crippen LogP contribution in [0.15, 0.2) is 18.2 Å². The summed E-state index contributed by atoms with van der Waals surface area (Å²) in [6.45, 7) is 11.1. The van der Waals surface area contributed by atoms with Crippen LogP contribution in [-0.4, -0.2) is 14.1 Å². The van der Waals surface area contributed by atoms with Gasteiger partial charge < -0.3 is 4.43 Å². The predicted molar refractivity (Wildman–Crippen MR) is 81.5 cm³/mol. The molecule has 0 heterocycles. The number of fused-ring (bicyclic) bond motifs is 1. The summed E-state index contributed by atoms with van der Waals surface area (Å²) in [6.07, 6.45) is 2.62. The van der Waals surface area contributed by atoms with E-state index in [1.807, 2.05) is 12.1 Å². The molecule has 1 aromatic carbocycles. The van der Waals surface area contributed by atoms with Crippen molar-refractivity contribution in [3.05, 3.63) is 29.3 Å². The zero-order chi connectivity index (χ0) is 14.3. The number of carbonyl (C=O) groups excluding carboxylic acids is 1. The Morgan fingerprint density at radius 3 is 2.47 bits per heavy atom. The normalized spacial score (nSPS) is 16.2. The summed E-state index contributed by atoms with van der Waals surface area (Å²) >= 11 is 0. The number of carbonyl (C=O) groups is 1. The van der Waals surface area contributed by atoms with Crippen molar-refractivity contribution >= 4 is 14.1 Å². The van der Waals surface area contributed by atoms with Crippen LogP contribution in [0, 0.1) is 0 Å². The third-order valence-electron chi connectivity index (χ3n) is 4.41. The van der Waals surface area contributed by atoms with Gasteiger partial charge in [-0.3, -0.25) is 4.79 Å². The smallest absolute Gasteiger partial charge is 0.250 e. The molecular formula is C16H24O2Si. The number of Topliss-reactive ketones (excluding diaryl/α,β-unsaturated/α-hetero) is 1. The van der Waals surface area contributed by atoms with E-state index >= 15 is 0 Å². The third kappa shape index (κ3) is 2.76. The van der Waals surface area contributed by atoms with Crippen molar-refractivity contribution in [2.24, 2.45) is 0 Å². The van der Waals surface area contributed by atoms with Gasteiger partial charge in [0.25, 0.3) is 8.32 Å². The highest BCUT2D eigenvalue weighted by Gasteiger charge is 2.40. The maximum absolute atomic E-state index is 12.2. The number of hydrogen-bond donors (Lipinski definition) is 0. The fraction of sp³-hybridized carbons (Fsp3) is 0.562. The lowest BCUT2D eigenvalue weighted by molar-refractivity contribution is 0.0970. The van der Waals surface area contributed by atoms with E-state index in [1.165, 1.54) is 0 Å². The highest BCUT2D eigenvalue weighted by atomic mass is 28.4. The molecule has 1 aliphatic carbocycles. The second kappa shape index (κ2) is 4.78. The van der Waals surface area contributed by atoms with Crippen molar-refractivity contribution in [3.63, 3.8) is 0 Å². The van der Waals surface area contributed by atoms with Crippen LogP contribution in [0.25, 0.3) is 0 Å². The van der Waals surface area contributed by atoms with Gasteiger partial charge in [-0.25, -0.2) is 0 Å². The minimum atomic E-state index is -1.89. The molecule has 0 fully saturated rings. The second-order valence-electron chi connectivity index (χ2n) is 6.93. The Morgan fingerprint density at radius 1 is 1.16 bits per heavy atom. The van der Waals surface area contributed by atoms with E-state index in [1.54, 1.807) is 0 Å². The largest absolute Gasteiger partial charge is 0.543 e. The molecule has 0 aromatic heterocycles. The molecule has 0 atom stereocenters. The summed E-state index contributed by atoms with van der Waals surface area (Å²) in [5.74, 6) is 1.06. The highest BCUT2D eigenvalue weighted by molar-refractivity contribution is 6.74. The second-order valence-corrected chi connectivity index (χ2v) is 11.7. The topological polar surface area (TPSA) is 26.3 Å². The number of benzene rings is 1. The Kier molecular flexibility index (Phi) is 3.60. The Hall–Kier alpha value is -1.09. The van der Waals surface area contributed by atoms with E-state index in [2.05, 4.69) is 39.9 Å². The summed E-state index contributed by atoms with van der Waals surface area (Å²) in [4.78, 5) is 12.2. The molecule has 2 nitrogen and oxygen atoms in total. The predicted octanol–water partition coefficient (Wildman–Crippen LogP) is 4.59. The zero-order valence-corrected chi connectivity index (χ0v) is 13.7. The zero-order valence-electron chi connectivity index (χ0n) is 12.7. The minimum absolute atomic E-state index is 0.146. The van der Waals surface area contributed by atoms with Crippen LogP contribution in [0.5, 0.6) is 5.75 Å². The monoisotopic (exact) mass is 276 g/mol. The molecule has 0 radical (unpaired) electrons. The molecule has 0 N–H and O–H groups in total. The average molecular weight is 276 g/mol. The van der Waals surface area contributed by atoms with Gasteiger partial charge in [-0.05, 0) is 42.6 Å². The van der Waals surface area contributed by atoms with Gasteiger partial charge in [-0.2, -0.15) is 0 Å². The van der Waals surface area contributed by atoms with Gasteiger partial charge in [-0.15, -0.1) is 0 Å². The number of aryl methyl sites for hydroxylation is 1. The van der Waals surface area contributed by atoms with Crippen molar-refractivity contribution < 1.29 is 9.22 Å². The fourth-order valence-corrected chi connectivity index (χ4v) is 3.20. The first-order valence-corrected chi connectivity index (χ1v) is 9.97. The maximum Gasteiger partial charge on any atom is 0.250 e. The first kappa shape index (κ1) is 14.3. The van der Waals surface area contributed by atoms with Crippen LogP contribution in [0.4, 0.5) is 0 Å². The first-order valence-electron chi connectivity index (χ1n) is 7.06.